The number of rotatable bonds is 4. The van der Waals surface area contributed by atoms with Crippen molar-refractivity contribution in [2.75, 3.05) is 26.4 Å². The first kappa shape index (κ1) is 12.4. The first-order chi connectivity index (χ1) is 8.31. The molecule has 1 aromatic rings. The molecule has 1 saturated heterocycles. The van der Waals surface area contributed by atoms with Gasteiger partial charge in [0.05, 0.1) is 32.5 Å². The molecule has 2 rings (SSSR count). The van der Waals surface area contributed by atoms with E-state index in [-0.39, 0.29) is 12.1 Å². The maximum atomic E-state index is 6.17. The van der Waals surface area contributed by atoms with Gasteiger partial charge in [0.1, 0.15) is 11.9 Å². The smallest absolute Gasteiger partial charge is 0.119 e. The lowest BCUT2D eigenvalue weighted by atomic mass is 10.0. The number of benzene rings is 1. The molecule has 1 aromatic carbocycles. The molecule has 1 aliphatic rings. The summed E-state index contributed by atoms with van der Waals surface area (Å²) in [6.07, 6.45) is -0.0689. The molecule has 0 bridgehead atoms. The van der Waals surface area contributed by atoms with E-state index in [4.69, 9.17) is 19.9 Å². The van der Waals surface area contributed by atoms with Crippen LogP contribution in [0.5, 0.6) is 5.75 Å². The Labute approximate surface area is 102 Å². The Morgan fingerprint density at radius 2 is 2.35 bits per heavy atom. The van der Waals surface area contributed by atoms with E-state index in [0.717, 1.165) is 11.3 Å². The second-order valence-electron chi connectivity index (χ2n) is 4.02. The lowest BCUT2D eigenvalue weighted by Crippen LogP contribution is -2.37. The molecular formula is C13H19NO3. The predicted molar refractivity (Wildman–Crippen MR) is 65.1 cm³/mol. The largest absolute Gasteiger partial charge is 0.494 e. The SMILES string of the molecule is CCOc1cccc(C(N)C2COCCO2)c1. The van der Waals surface area contributed by atoms with Gasteiger partial charge in [-0.25, -0.2) is 0 Å². The highest BCUT2D eigenvalue weighted by Crippen LogP contribution is 2.22. The molecule has 0 aliphatic carbocycles. The van der Waals surface area contributed by atoms with E-state index < -0.39 is 0 Å². The van der Waals surface area contributed by atoms with E-state index in [2.05, 4.69) is 0 Å². The fourth-order valence-electron chi connectivity index (χ4n) is 1.91. The molecule has 0 aromatic heterocycles. The summed E-state index contributed by atoms with van der Waals surface area (Å²) in [5.41, 5.74) is 7.19. The first-order valence-corrected chi connectivity index (χ1v) is 5.99. The van der Waals surface area contributed by atoms with Crippen LogP contribution in [-0.4, -0.2) is 32.5 Å². The molecule has 1 heterocycles. The third-order valence-corrected chi connectivity index (χ3v) is 2.80. The predicted octanol–water partition coefficient (Wildman–Crippen LogP) is 1.50. The lowest BCUT2D eigenvalue weighted by molar-refractivity contribution is -0.0975. The van der Waals surface area contributed by atoms with Crippen molar-refractivity contribution in [1.29, 1.82) is 0 Å². The van der Waals surface area contributed by atoms with Gasteiger partial charge in [-0.05, 0) is 24.6 Å². The molecule has 0 amide bonds. The van der Waals surface area contributed by atoms with Gasteiger partial charge in [0, 0.05) is 0 Å². The van der Waals surface area contributed by atoms with Gasteiger partial charge in [0.2, 0.25) is 0 Å². The van der Waals surface area contributed by atoms with Crippen molar-refractivity contribution >= 4 is 0 Å². The number of hydrogen-bond donors (Lipinski definition) is 1. The van der Waals surface area contributed by atoms with Crippen molar-refractivity contribution in [1.82, 2.24) is 0 Å². The second-order valence-corrected chi connectivity index (χ2v) is 4.02. The third-order valence-electron chi connectivity index (χ3n) is 2.80. The van der Waals surface area contributed by atoms with E-state index in [1.807, 2.05) is 31.2 Å². The fraction of sp³-hybridized carbons (Fsp3) is 0.538. The highest BCUT2D eigenvalue weighted by molar-refractivity contribution is 5.31. The van der Waals surface area contributed by atoms with Gasteiger partial charge in [-0.15, -0.1) is 0 Å². The average Bonchev–Trinajstić information content (AvgIpc) is 2.40. The van der Waals surface area contributed by atoms with Crippen molar-refractivity contribution in [3.8, 4) is 5.75 Å². The monoisotopic (exact) mass is 237 g/mol. The Balaban J connectivity index is 2.06. The van der Waals surface area contributed by atoms with Crippen LogP contribution in [0.3, 0.4) is 0 Å². The summed E-state index contributed by atoms with van der Waals surface area (Å²) in [6, 6.07) is 7.66. The lowest BCUT2D eigenvalue weighted by Gasteiger charge is -2.28. The summed E-state index contributed by atoms with van der Waals surface area (Å²) >= 11 is 0. The van der Waals surface area contributed by atoms with Gasteiger partial charge in [-0.3, -0.25) is 0 Å². The quantitative estimate of drug-likeness (QED) is 0.862. The van der Waals surface area contributed by atoms with Crippen molar-refractivity contribution in [2.24, 2.45) is 5.73 Å². The Morgan fingerprint density at radius 1 is 1.47 bits per heavy atom. The van der Waals surface area contributed by atoms with Crippen LogP contribution in [0.4, 0.5) is 0 Å². The molecule has 17 heavy (non-hydrogen) atoms. The Hall–Kier alpha value is -1.10. The van der Waals surface area contributed by atoms with Gasteiger partial charge in [0.15, 0.2) is 0 Å². The second kappa shape index (κ2) is 6.00. The van der Waals surface area contributed by atoms with Gasteiger partial charge in [0.25, 0.3) is 0 Å². The minimum Gasteiger partial charge on any atom is -0.494 e. The van der Waals surface area contributed by atoms with Crippen LogP contribution in [0.15, 0.2) is 24.3 Å². The molecule has 4 heteroatoms. The number of hydrogen-bond acceptors (Lipinski definition) is 4. The molecular weight excluding hydrogens is 218 g/mol. The summed E-state index contributed by atoms with van der Waals surface area (Å²) in [7, 11) is 0. The van der Waals surface area contributed by atoms with Crippen LogP contribution >= 0.6 is 0 Å². The zero-order chi connectivity index (χ0) is 12.1. The van der Waals surface area contributed by atoms with E-state index in [0.29, 0.717) is 26.4 Å². The molecule has 1 aliphatic heterocycles. The van der Waals surface area contributed by atoms with Crippen LogP contribution < -0.4 is 10.5 Å². The molecule has 94 valence electrons. The molecule has 1 fully saturated rings. The standard InChI is InChI=1S/C13H19NO3/c1-2-16-11-5-3-4-10(8-11)13(14)12-9-15-6-7-17-12/h3-5,8,12-13H,2,6-7,9,14H2,1H3. The maximum absolute atomic E-state index is 6.17. The normalized spacial score (nSPS) is 22.1. The van der Waals surface area contributed by atoms with Crippen molar-refractivity contribution in [3.63, 3.8) is 0 Å². The van der Waals surface area contributed by atoms with Gasteiger partial charge in [-0.2, -0.15) is 0 Å². The molecule has 2 unspecified atom stereocenters. The minimum atomic E-state index is -0.171. The number of nitrogens with two attached hydrogens (primary N) is 1. The van der Waals surface area contributed by atoms with Gasteiger partial charge >= 0.3 is 0 Å². The Bertz CT molecular complexity index is 350. The molecule has 2 N–H and O–H groups in total. The van der Waals surface area contributed by atoms with Crippen LogP contribution in [0, 0.1) is 0 Å². The summed E-state index contributed by atoms with van der Waals surface area (Å²) in [6.45, 7) is 4.44. The summed E-state index contributed by atoms with van der Waals surface area (Å²) in [4.78, 5) is 0. The Kier molecular flexibility index (Phi) is 4.36. The average molecular weight is 237 g/mol. The molecule has 2 atom stereocenters. The zero-order valence-electron chi connectivity index (χ0n) is 10.1. The van der Waals surface area contributed by atoms with Crippen molar-refractivity contribution in [2.45, 2.75) is 19.1 Å². The highest BCUT2D eigenvalue weighted by atomic mass is 16.6. The van der Waals surface area contributed by atoms with Crippen LogP contribution in [0.25, 0.3) is 0 Å². The highest BCUT2D eigenvalue weighted by Gasteiger charge is 2.23. The van der Waals surface area contributed by atoms with Crippen LogP contribution in [-0.2, 0) is 9.47 Å². The third kappa shape index (κ3) is 3.19. The van der Waals surface area contributed by atoms with Gasteiger partial charge in [-0.1, -0.05) is 12.1 Å². The van der Waals surface area contributed by atoms with Crippen LogP contribution in [0.2, 0.25) is 0 Å². The summed E-state index contributed by atoms with van der Waals surface area (Å²) < 4.78 is 16.4. The molecule has 4 nitrogen and oxygen atoms in total. The van der Waals surface area contributed by atoms with Gasteiger partial charge < -0.3 is 19.9 Å². The van der Waals surface area contributed by atoms with E-state index in [1.165, 1.54) is 0 Å². The Morgan fingerprint density at radius 3 is 3.06 bits per heavy atom. The minimum absolute atomic E-state index is 0.0689. The molecule has 0 radical (unpaired) electrons. The maximum Gasteiger partial charge on any atom is 0.119 e. The first-order valence-electron chi connectivity index (χ1n) is 5.99. The molecule has 0 saturated carbocycles. The number of ether oxygens (including phenoxy) is 3. The summed E-state index contributed by atoms with van der Waals surface area (Å²) in [5, 5.41) is 0. The van der Waals surface area contributed by atoms with Crippen molar-refractivity contribution < 1.29 is 14.2 Å². The topological polar surface area (TPSA) is 53.7 Å². The molecule has 0 spiro atoms. The van der Waals surface area contributed by atoms with Crippen molar-refractivity contribution in [3.05, 3.63) is 29.8 Å². The summed E-state index contributed by atoms with van der Waals surface area (Å²) in [5.74, 6) is 0.845. The van der Waals surface area contributed by atoms with Crippen LogP contribution in [0.1, 0.15) is 18.5 Å². The van der Waals surface area contributed by atoms with E-state index in [9.17, 15) is 0 Å². The van der Waals surface area contributed by atoms with E-state index >= 15 is 0 Å². The van der Waals surface area contributed by atoms with E-state index in [1.54, 1.807) is 0 Å². The fourth-order valence-corrected chi connectivity index (χ4v) is 1.91. The zero-order valence-corrected chi connectivity index (χ0v) is 10.1.